The summed E-state index contributed by atoms with van der Waals surface area (Å²) in [5.74, 6) is 0.542. The van der Waals surface area contributed by atoms with Gasteiger partial charge in [-0.2, -0.15) is 0 Å². The first-order valence-corrected chi connectivity index (χ1v) is 7.32. The first kappa shape index (κ1) is 16.3. The smallest absolute Gasteiger partial charge is 0.0881 e. The van der Waals surface area contributed by atoms with Crippen LogP contribution in [0.1, 0.15) is 17.2 Å². The van der Waals surface area contributed by atoms with Crippen LogP contribution < -0.4 is 5.32 Å². The molecule has 0 aliphatic carbocycles. The van der Waals surface area contributed by atoms with Crippen molar-refractivity contribution < 1.29 is 4.74 Å². The van der Waals surface area contributed by atoms with Gasteiger partial charge in [0.1, 0.15) is 0 Å². The first-order valence-electron chi connectivity index (χ1n) is 6.94. The first-order chi connectivity index (χ1) is 9.83. The molecule has 1 aliphatic rings. The monoisotopic (exact) mass is 323 g/mol. The van der Waals surface area contributed by atoms with E-state index < -0.39 is 0 Å². The van der Waals surface area contributed by atoms with Crippen molar-refractivity contribution in [1.29, 1.82) is 0 Å². The Labute approximate surface area is 136 Å². The summed E-state index contributed by atoms with van der Waals surface area (Å²) in [6.45, 7) is 2.68. The zero-order valence-corrected chi connectivity index (χ0v) is 13.2. The van der Waals surface area contributed by atoms with Crippen LogP contribution >= 0.6 is 24.0 Å². The maximum Gasteiger partial charge on any atom is 0.0881 e. The van der Waals surface area contributed by atoms with Gasteiger partial charge in [0.2, 0.25) is 0 Å². The normalized spacial score (nSPS) is 15.9. The number of halogens is 2. The topological polar surface area (TPSA) is 21.3 Å². The fourth-order valence-electron chi connectivity index (χ4n) is 2.44. The third kappa shape index (κ3) is 4.21. The third-order valence-electron chi connectivity index (χ3n) is 3.71. The molecule has 2 aromatic carbocycles. The molecular formula is C17H19Cl2NO. The average molecular weight is 324 g/mol. The van der Waals surface area contributed by atoms with Crippen LogP contribution in [0.2, 0.25) is 5.02 Å². The third-order valence-corrected chi connectivity index (χ3v) is 3.96. The Balaban J connectivity index is 0.00000161. The molecule has 1 fully saturated rings. The van der Waals surface area contributed by atoms with Gasteiger partial charge >= 0.3 is 0 Å². The Morgan fingerprint density at radius 3 is 2.29 bits per heavy atom. The molecule has 1 saturated heterocycles. The van der Waals surface area contributed by atoms with Gasteiger partial charge in [0.15, 0.2) is 0 Å². The average Bonchev–Trinajstić information content (AvgIpc) is 2.43. The number of hydrogen-bond acceptors (Lipinski definition) is 2. The second kappa shape index (κ2) is 7.81. The van der Waals surface area contributed by atoms with Crippen LogP contribution in [0.5, 0.6) is 0 Å². The molecular weight excluding hydrogens is 305 g/mol. The molecule has 0 bridgehead atoms. The summed E-state index contributed by atoms with van der Waals surface area (Å²) in [5.41, 5.74) is 2.41. The maximum atomic E-state index is 6.17. The van der Waals surface area contributed by atoms with E-state index in [0.29, 0.717) is 12.5 Å². The fraction of sp³-hybridized carbons (Fsp3) is 0.294. The summed E-state index contributed by atoms with van der Waals surface area (Å²) in [4.78, 5) is 0. The van der Waals surface area contributed by atoms with Gasteiger partial charge in [-0.25, -0.2) is 0 Å². The number of nitrogens with one attached hydrogen (secondary N) is 1. The van der Waals surface area contributed by atoms with Gasteiger partial charge in [0.05, 0.1) is 12.7 Å². The van der Waals surface area contributed by atoms with Crippen molar-refractivity contribution in [3.05, 3.63) is 70.7 Å². The molecule has 112 valence electrons. The van der Waals surface area contributed by atoms with Gasteiger partial charge in [-0.1, -0.05) is 54.1 Å². The Hall–Kier alpha value is -1.06. The molecule has 2 nitrogen and oxygen atoms in total. The van der Waals surface area contributed by atoms with E-state index in [1.807, 2.05) is 30.3 Å². The lowest BCUT2D eigenvalue weighted by molar-refractivity contribution is -0.0170. The van der Waals surface area contributed by atoms with Crippen molar-refractivity contribution in [2.24, 2.45) is 5.92 Å². The Kier molecular flexibility index (Phi) is 6.07. The highest BCUT2D eigenvalue weighted by Crippen LogP contribution is 2.30. The molecule has 3 rings (SSSR count). The standard InChI is InChI=1S/C17H18ClNO.ClH/c18-16-8-6-14(7-9-16)17(15-10-19-11-15)20-12-13-4-2-1-3-5-13;/h1-9,15,17,19H,10-12H2;1H/t17-;/m1./s1. The molecule has 0 aromatic heterocycles. The number of ether oxygens (including phenoxy) is 1. The summed E-state index contributed by atoms with van der Waals surface area (Å²) in [5, 5.41) is 4.08. The molecule has 1 atom stereocenters. The molecule has 4 heteroatoms. The van der Waals surface area contributed by atoms with Crippen molar-refractivity contribution in [1.82, 2.24) is 5.32 Å². The second-order valence-corrected chi connectivity index (χ2v) is 5.62. The molecule has 21 heavy (non-hydrogen) atoms. The van der Waals surface area contributed by atoms with Gasteiger partial charge in [-0.15, -0.1) is 12.4 Å². The van der Waals surface area contributed by atoms with E-state index in [0.717, 1.165) is 18.1 Å². The van der Waals surface area contributed by atoms with E-state index in [1.54, 1.807) is 0 Å². The van der Waals surface area contributed by atoms with Gasteiger partial charge in [-0.3, -0.25) is 0 Å². The lowest BCUT2D eigenvalue weighted by Gasteiger charge is -2.35. The Bertz CT molecular complexity index is 540. The van der Waals surface area contributed by atoms with Crippen LogP contribution in [-0.4, -0.2) is 13.1 Å². The Morgan fingerprint density at radius 1 is 1.05 bits per heavy atom. The van der Waals surface area contributed by atoms with E-state index >= 15 is 0 Å². The lowest BCUT2D eigenvalue weighted by atomic mass is 9.91. The van der Waals surface area contributed by atoms with Crippen molar-refractivity contribution in [3.63, 3.8) is 0 Å². The van der Waals surface area contributed by atoms with Gasteiger partial charge in [0.25, 0.3) is 0 Å². The van der Waals surface area contributed by atoms with Crippen molar-refractivity contribution >= 4 is 24.0 Å². The van der Waals surface area contributed by atoms with Crippen LogP contribution in [0.4, 0.5) is 0 Å². The van der Waals surface area contributed by atoms with Crippen LogP contribution in [0.15, 0.2) is 54.6 Å². The highest BCUT2D eigenvalue weighted by molar-refractivity contribution is 6.30. The Morgan fingerprint density at radius 2 is 1.71 bits per heavy atom. The predicted octanol–water partition coefficient (Wildman–Crippen LogP) is 4.24. The molecule has 0 amide bonds. The van der Waals surface area contributed by atoms with Gasteiger partial charge < -0.3 is 10.1 Å². The number of rotatable bonds is 5. The molecule has 1 N–H and O–H groups in total. The van der Waals surface area contributed by atoms with Crippen LogP contribution in [-0.2, 0) is 11.3 Å². The van der Waals surface area contributed by atoms with Crippen LogP contribution in [0.25, 0.3) is 0 Å². The highest BCUT2D eigenvalue weighted by Gasteiger charge is 2.29. The summed E-state index contributed by atoms with van der Waals surface area (Å²) in [6.07, 6.45) is 0.133. The molecule has 0 radical (unpaired) electrons. The van der Waals surface area contributed by atoms with Crippen LogP contribution in [0.3, 0.4) is 0 Å². The summed E-state index contributed by atoms with van der Waals surface area (Å²) < 4.78 is 6.17. The number of hydrogen-bond donors (Lipinski definition) is 1. The maximum absolute atomic E-state index is 6.17. The minimum atomic E-state index is 0. The largest absolute Gasteiger partial charge is 0.368 e. The van der Waals surface area contributed by atoms with E-state index in [9.17, 15) is 0 Å². The lowest BCUT2D eigenvalue weighted by Crippen LogP contribution is -2.45. The zero-order chi connectivity index (χ0) is 13.8. The SMILES string of the molecule is Cl.Clc1ccc([C@@H](OCc2ccccc2)C2CNC2)cc1. The molecule has 1 heterocycles. The minimum absolute atomic E-state index is 0. The summed E-state index contributed by atoms with van der Waals surface area (Å²) in [7, 11) is 0. The summed E-state index contributed by atoms with van der Waals surface area (Å²) >= 11 is 5.96. The summed E-state index contributed by atoms with van der Waals surface area (Å²) in [6, 6.07) is 18.3. The predicted molar refractivity (Wildman–Crippen MR) is 89.0 cm³/mol. The van der Waals surface area contributed by atoms with Gasteiger partial charge in [0, 0.05) is 24.0 Å². The fourth-order valence-corrected chi connectivity index (χ4v) is 2.57. The van der Waals surface area contributed by atoms with E-state index in [1.165, 1.54) is 11.1 Å². The molecule has 0 unspecified atom stereocenters. The van der Waals surface area contributed by atoms with Crippen LogP contribution in [0, 0.1) is 5.92 Å². The van der Waals surface area contributed by atoms with E-state index in [-0.39, 0.29) is 18.5 Å². The second-order valence-electron chi connectivity index (χ2n) is 5.19. The molecule has 0 saturated carbocycles. The highest BCUT2D eigenvalue weighted by atomic mass is 35.5. The van der Waals surface area contributed by atoms with Crippen molar-refractivity contribution in [2.45, 2.75) is 12.7 Å². The molecule has 2 aromatic rings. The van der Waals surface area contributed by atoms with Crippen molar-refractivity contribution in [3.8, 4) is 0 Å². The quantitative estimate of drug-likeness (QED) is 0.888. The minimum Gasteiger partial charge on any atom is -0.368 e. The van der Waals surface area contributed by atoms with E-state index in [4.69, 9.17) is 16.3 Å². The molecule has 0 spiro atoms. The number of benzene rings is 2. The zero-order valence-electron chi connectivity index (χ0n) is 11.7. The molecule has 1 aliphatic heterocycles. The van der Waals surface area contributed by atoms with Gasteiger partial charge in [-0.05, 0) is 23.3 Å². The van der Waals surface area contributed by atoms with E-state index in [2.05, 4.69) is 29.6 Å². The van der Waals surface area contributed by atoms with Crippen molar-refractivity contribution in [2.75, 3.05) is 13.1 Å².